The summed E-state index contributed by atoms with van der Waals surface area (Å²) >= 11 is 0. The van der Waals surface area contributed by atoms with Crippen LogP contribution in [0.2, 0.25) is 0 Å². The minimum atomic E-state index is -3.85. The van der Waals surface area contributed by atoms with Crippen LogP contribution in [0.5, 0.6) is 0 Å². The smallest absolute Gasteiger partial charge is 0.335 e. The number of carboxylic acid groups (broad SMARTS) is 1. The largest absolute Gasteiger partial charge is 0.478 e. The number of carbonyl (C=O) groups is 1. The zero-order valence-corrected chi connectivity index (χ0v) is 17.6. The van der Waals surface area contributed by atoms with Crippen LogP contribution >= 0.6 is 0 Å². The number of rotatable bonds is 9. The number of unbranched alkanes of at least 4 members (excludes halogenated alkanes) is 1. The van der Waals surface area contributed by atoms with E-state index in [4.69, 9.17) is 0 Å². The lowest BCUT2D eigenvalue weighted by Gasteiger charge is -2.26. The van der Waals surface area contributed by atoms with Crippen molar-refractivity contribution in [3.63, 3.8) is 0 Å². The van der Waals surface area contributed by atoms with E-state index in [1.807, 2.05) is 25.7 Å². The molecule has 0 heterocycles. The van der Waals surface area contributed by atoms with E-state index in [2.05, 4.69) is 11.6 Å². The van der Waals surface area contributed by atoms with Gasteiger partial charge in [-0.05, 0) is 68.7 Å². The molecule has 0 fully saturated rings. The fourth-order valence-corrected chi connectivity index (χ4v) is 4.06. The minimum Gasteiger partial charge on any atom is -0.478 e. The summed E-state index contributed by atoms with van der Waals surface area (Å²) in [6.07, 6.45) is 1.96. The first-order valence-electron chi connectivity index (χ1n) is 9.42. The van der Waals surface area contributed by atoms with Crippen LogP contribution in [0, 0.1) is 13.8 Å². The monoisotopic (exact) mass is 404 g/mol. The molecule has 2 rings (SSSR count). The lowest BCUT2D eigenvalue weighted by Crippen LogP contribution is -2.26. The van der Waals surface area contributed by atoms with Gasteiger partial charge in [0.2, 0.25) is 0 Å². The molecule has 152 valence electrons. The first-order valence-corrected chi connectivity index (χ1v) is 10.9. The molecule has 28 heavy (non-hydrogen) atoms. The number of carboxylic acids is 1. The second kappa shape index (κ2) is 9.10. The Bertz CT molecular complexity index is 955. The molecule has 2 N–H and O–H groups in total. The van der Waals surface area contributed by atoms with Crippen LogP contribution in [0.4, 0.5) is 11.4 Å². The summed E-state index contributed by atoms with van der Waals surface area (Å²) in [5, 5.41) is 9.33. The van der Waals surface area contributed by atoms with Crippen LogP contribution in [-0.4, -0.2) is 32.6 Å². The number of hydrogen-bond donors (Lipinski definition) is 2. The average molecular weight is 405 g/mol. The highest BCUT2D eigenvalue weighted by molar-refractivity contribution is 7.92. The molecule has 7 heteroatoms. The van der Waals surface area contributed by atoms with Gasteiger partial charge in [-0.2, -0.15) is 0 Å². The van der Waals surface area contributed by atoms with E-state index in [-0.39, 0.29) is 16.1 Å². The van der Waals surface area contributed by atoms with E-state index < -0.39 is 16.0 Å². The number of aryl methyl sites for hydroxylation is 2. The predicted molar refractivity (Wildman–Crippen MR) is 113 cm³/mol. The van der Waals surface area contributed by atoms with E-state index in [1.54, 1.807) is 24.3 Å². The van der Waals surface area contributed by atoms with Crippen molar-refractivity contribution in [2.24, 2.45) is 0 Å². The van der Waals surface area contributed by atoms with Crippen LogP contribution in [0.3, 0.4) is 0 Å². The maximum atomic E-state index is 12.9. The number of nitrogens with zero attached hydrogens (tertiary/aromatic N) is 1. The van der Waals surface area contributed by atoms with E-state index >= 15 is 0 Å². The van der Waals surface area contributed by atoms with Gasteiger partial charge >= 0.3 is 5.97 Å². The molecule has 0 bridgehead atoms. The molecule has 0 saturated carbocycles. The van der Waals surface area contributed by atoms with Gasteiger partial charge < -0.3 is 10.0 Å². The van der Waals surface area contributed by atoms with Crippen LogP contribution in [0.15, 0.2) is 41.3 Å². The van der Waals surface area contributed by atoms with Crippen LogP contribution in [-0.2, 0) is 10.0 Å². The van der Waals surface area contributed by atoms with Gasteiger partial charge in [0.25, 0.3) is 10.0 Å². The zero-order chi connectivity index (χ0) is 20.9. The van der Waals surface area contributed by atoms with Crippen molar-refractivity contribution in [1.29, 1.82) is 0 Å². The molecule has 2 aromatic rings. The SMILES string of the molecule is CCCCN(CC)c1ccc(C(=O)O)cc1NS(=O)(=O)c1ccc(C)c(C)c1. The standard InChI is InChI=1S/C21H28N2O4S/c1-5-7-12-23(6-2)20-11-9-17(21(24)25)14-19(20)22-28(26,27)18-10-8-15(3)16(4)13-18/h8-11,13-14,22H,5-7,12H2,1-4H3,(H,24,25). The third kappa shape index (κ3) is 5.04. The average Bonchev–Trinajstić information content (AvgIpc) is 2.64. The first-order chi connectivity index (χ1) is 13.2. The Labute approximate surface area is 167 Å². The second-order valence-electron chi connectivity index (χ2n) is 6.82. The van der Waals surface area contributed by atoms with Gasteiger partial charge in [0.1, 0.15) is 0 Å². The summed E-state index contributed by atoms with van der Waals surface area (Å²) < 4.78 is 28.5. The molecule has 0 spiro atoms. The Morgan fingerprint density at radius 3 is 2.36 bits per heavy atom. The maximum Gasteiger partial charge on any atom is 0.335 e. The Kier molecular flexibility index (Phi) is 7.07. The molecular weight excluding hydrogens is 376 g/mol. The molecule has 0 aliphatic carbocycles. The molecule has 0 aliphatic heterocycles. The van der Waals surface area contributed by atoms with Gasteiger partial charge in [-0.1, -0.05) is 19.4 Å². The van der Waals surface area contributed by atoms with E-state index in [0.29, 0.717) is 12.2 Å². The molecular formula is C21H28N2O4S. The topological polar surface area (TPSA) is 86.7 Å². The van der Waals surface area contributed by atoms with Crippen molar-refractivity contribution in [1.82, 2.24) is 0 Å². The first kappa shape index (κ1) is 21.8. The van der Waals surface area contributed by atoms with Crippen LogP contribution < -0.4 is 9.62 Å². The highest BCUT2D eigenvalue weighted by Gasteiger charge is 2.20. The Morgan fingerprint density at radius 2 is 1.79 bits per heavy atom. The summed E-state index contributed by atoms with van der Waals surface area (Å²) in [7, 11) is -3.85. The molecule has 6 nitrogen and oxygen atoms in total. The molecule has 0 saturated heterocycles. The second-order valence-corrected chi connectivity index (χ2v) is 8.50. The van der Waals surface area contributed by atoms with Crippen molar-refractivity contribution < 1.29 is 18.3 Å². The Morgan fingerprint density at radius 1 is 1.07 bits per heavy atom. The Hall–Kier alpha value is -2.54. The van der Waals surface area contributed by atoms with Crippen molar-refractivity contribution in [2.45, 2.75) is 45.4 Å². The predicted octanol–water partition coefficient (Wildman–Crippen LogP) is 4.43. The van der Waals surface area contributed by atoms with Crippen molar-refractivity contribution in [3.8, 4) is 0 Å². The number of aromatic carboxylic acids is 1. The van der Waals surface area contributed by atoms with Gasteiger partial charge in [-0.15, -0.1) is 0 Å². The minimum absolute atomic E-state index is 0.0353. The van der Waals surface area contributed by atoms with Crippen LogP contribution in [0.25, 0.3) is 0 Å². The number of benzene rings is 2. The van der Waals surface area contributed by atoms with Crippen LogP contribution in [0.1, 0.15) is 48.2 Å². The number of sulfonamides is 1. The van der Waals surface area contributed by atoms with Crippen molar-refractivity contribution in [3.05, 3.63) is 53.1 Å². The van der Waals surface area contributed by atoms with E-state index in [0.717, 1.165) is 30.5 Å². The van der Waals surface area contributed by atoms with Gasteiger partial charge in [0.15, 0.2) is 0 Å². The molecule has 0 radical (unpaired) electrons. The molecule has 0 unspecified atom stereocenters. The summed E-state index contributed by atoms with van der Waals surface area (Å²) in [6.45, 7) is 9.30. The van der Waals surface area contributed by atoms with Gasteiger partial charge in [-0.25, -0.2) is 13.2 Å². The molecule has 0 aliphatic rings. The van der Waals surface area contributed by atoms with Gasteiger partial charge in [-0.3, -0.25) is 4.72 Å². The molecule has 0 aromatic heterocycles. The van der Waals surface area contributed by atoms with E-state index in [1.165, 1.54) is 12.1 Å². The Balaban J connectivity index is 2.49. The third-order valence-corrected chi connectivity index (χ3v) is 6.14. The molecule has 0 amide bonds. The summed E-state index contributed by atoms with van der Waals surface area (Å²) in [5.41, 5.74) is 2.86. The molecule has 0 atom stereocenters. The van der Waals surface area contributed by atoms with Crippen molar-refractivity contribution >= 4 is 27.4 Å². The third-order valence-electron chi connectivity index (χ3n) is 4.78. The fourth-order valence-electron chi connectivity index (χ4n) is 2.91. The van der Waals surface area contributed by atoms with Crippen molar-refractivity contribution in [2.75, 3.05) is 22.7 Å². The van der Waals surface area contributed by atoms with Gasteiger partial charge in [0.05, 0.1) is 21.8 Å². The summed E-state index contributed by atoms with van der Waals surface area (Å²) in [4.78, 5) is 13.6. The maximum absolute atomic E-state index is 12.9. The summed E-state index contributed by atoms with van der Waals surface area (Å²) in [6, 6.07) is 9.48. The molecule has 2 aromatic carbocycles. The summed E-state index contributed by atoms with van der Waals surface area (Å²) in [5.74, 6) is -1.10. The zero-order valence-electron chi connectivity index (χ0n) is 16.8. The lowest BCUT2D eigenvalue weighted by molar-refractivity contribution is 0.0697. The highest BCUT2D eigenvalue weighted by atomic mass is 32.2. The number of hydrogen-bond acceptors (Lipinski definition) is 4. The normalized spacial score (nSPS) is 11.3. The fraction of sp³-hybridized carbons (Fsp3) is 0.381. The highest BCUT2D eigenvalue weighted by Crippen LogP contribution is 2.30. The van der Waals surface area contributed by atoms with Gasteiger partial charge in [0, 0.05) is 13.1 Å². The lowest BCUT2D eigenvalue weighted by atomic mass is 10.1. The quantitative estimate of drug-likeness (QED) is 0.646. The van der Waals surface area contributed by atoms with E-state index in [9.17, 15) is 18.3 Å². The number of nitrogens with one attached hydrogen (secondary N) is 1. The number of anilines is 2.